The van der Waals surface area contributed by atoms with Gasteiger partial charge in [0.15, 0.2) is 30.9 Å². The minimum atomic E-state index is -1.80. The van der Waals surface area contributed by atoms with E-state index in [0.717, 1.165) is 6.92 Å². The van der Waals surface area contributed by atoms with Crippen molar-refractivity contribution >= 4 is 54.3 Å². The van der Waals surface area contributed by atoms with Gasteiger partial charge in [0.2, 0.25) is 0 Å². The Labute approximate surface area is 539 Å². The summed E-state index contributed by atoms with van der Waals surface area (Å²) < 4.78 is 74.2. The summed E-state index contributed by atoms with van der Waals surface area (Å²) in [5, 5.41) is 16.8. The fourth-order valence-electron chi connectivity index (χ4n) is 10.3. The van der Waals surface area contributed by atoms with Crippen molar-refractivity contribution < 1.29 is 100.0 Å². The normalized spacial score (nSPS) is 25.6. The summed E-state index contributed by atoms with van der Waals surface area (Å²) >= 11 is 0. The molecule has 0 bridgehead atoms. The van der Waals surface area contributed by atoms with Crippen LogP contribution in [0.4, 0.5) is 24.0 Å². The van der Waals surface area contributed by atoms with Crippen LogP contribution >= 0.6 is 0 Å². The van der Waals surface area contributed by atoms with Crippen LogP contribution in [-0.4, -0.2) is 175 Å². The molecule has 2 aliphatic heterocycles. The molecule has 27 heteroatoms. The van der Waals surface area contributed by atoms with Crippen LogP contribution in [0.25, 0.3) is 0 Å². The molecule has 514 valence electrons. The van der Waals surface area contributed by atoms with Crippen molar-refractivity contribution in [2.75, 3.05) is 13.1 Å². The summed E-state index contributed by atoms with van der Waals surface area (Å²) in [4.78, 5) is 125. The smallest absolute Gasteiger partial charge is 0.408 e. The van der Waals surface area contributed by atoms with E-state index in [1.54, 1.807) is 147 Å². The van der Waals surface area contributed by atoms with Gasteiger partial charge < -0.3 is 88.7 Å². The lowest BCUT2D eigenvalue weighted by molar-refractivity contribution is -0.309. The fraction of sp³-hybridized carbons (Fsp3) is 0.677. The Balaban J connectivity index is 1.75. The quantitative estimate of drug-likeness (QED) is 0.0535. The molecular weight excluding hydrogens is 1200 g/mol. The lowest BCUT2D eigenvalue weighted by Gasteiger charge is -2.51. The van der Waals surface area contributed by atoms with Crippen LogP contribution < -0.4 is 31.9 Å². The first-order valence-corrected chi connectivity index (χ1v) is 31.2. The van der Waals surface area contributed by atoms with Gasteiger partial charge in [-0.3, -0.25) is 9.59 Å². The van der Waals surface area contributed by atoms with Crippen LogP contribution in [0.5, 0.6) is 0 Å². The van der Waals surface area contributed by atoms with Crippen molar-refractivity contribution in [2.24, 2.45) is 5.92 Å². The number of ether oxygens (including phenoxy) is 12. The highest BCUT2D eigenvalue weighted by atomic mass is 16.7. The number of carbonyl (C=O) groups excluding carboxylic acids is 9. The number of nitrogens with one attached hydrogen (secondary N) is 6. The standard InChI is InChI=1S/C65H98N6O21/c1-19-44-36(2)46(71-60(80)92-65(16,17)18)49(85-53(75)39-28-24-21-25-29-39)55(84-44)87-47-42(68-51(73)45(32-33-66-56(76)88-61(4,5)6)83-52(74)38-26-22-20-23-27-38)34-43(70-59(79)91-64(13,14)15)48(50(47)81-37(3)72)86-54-41(69-58(78)90-63(10,11)12)31-30-40(82-54)35-67-57(77)89-62(7,8)9/h20-29,36,40-50,54-55H,19,30-35H2,1-18H3,(H,66,76)(H,67,77)(H,68,73)(H,69,78)(H,70,79)(H,71,80)/t36-,40?,41?,42+,43-,44?,45-,46-,47-,48?,49?,50?,54+,55+/m0/s1. The molecule has 92 heavy (non-hydrogen) atoms. The molecule has 14 atom stereocenters. The molecule has 6 amide bonds. The second-order valence-electron chi connectivity index (χ2n) is 27.9. The summed E-state index contributed by atoms with van der Waals surface area (Å²) in [6.07, 6.45) is -17.7. The van der Waals surface area contributed by atoms with E-state index < -0.39 is 174 Å². The van der Waals surface area contributed by atoms with E-state index in [4.69, 9.17) is 56.8 Å². The van der Waals surface area contributed by atoms with Gasteiger partial charge in [-0.1, -0.05) is 50.2 Å². The Bertz CT molecular complexity index is 2810. The third kappa shape index (κ3) is 25.2. The summed E-state index contributed by atoms with van der Waals surface area (Å²) in [7, 11) is 0. The lowest BCUT2D eigenvalue weighted by atomic mass is 9.82. The van der Waals surface area contributed by atoms with Crippen LogP contribution in [-0.2, 0) is 66.4 Å². The number of benzene rings is 2. The molecule has 1 aliphatic carbocycles. The average molecular weight is 1300 g/mol. The first-order chi connectivity index (χ1) is 42.7. The monoisotopic (exact) mass is 1300 g/mol. The van der Waals surface area contributed by atoms with Gasteiger partial charge in [-0.25, -0.2) is 33.6 Å². The zero-order valence-corrected chi connectivity index (χ0v) is 56.4. The maximum Gasteiger partial charge on any atom is 0.408 e. The van der Waals surface area contributed by atoms with Crippen molar-refractivity contribution in [1.29, 1.82) is 0 Å². The Hall–Kier alpha value is -7.49. The van der Waals surface area contributed by atoms with Crippen LogP contribution in [0, 0.1) is 5.92 Å². The molecule has 2 aromatic carbocycles. The number of hydrogen-bond acceptors (Lipinski definition) is 21. The second kappa shape index (κ2) is 32.4. The maximum absolute atomic E-state index is 15.3. The minimum Gasteiger partial charge on any atom is -0.457 e. The molecule has 0 spiro atoms. The highest BCUT2D eigenvalue weighted by molar-refractivity contribution is 5.92. The van der Waals surface area contributed by atoms with E-state index in [9.17, 15) is 38.4 Å². The number of alkyl carbamates (subject to hydrolysis) is 5. The van der Waals surface area contributed by atoms with Gasteiger partial charge >= 0.3 is 48.4 Å². The molecule has 0 aromatic heterocycles. The van der Waals surface area contributed by atoms with Gasteiger partial charge in [-0.2, -0.15) is 0 Å². The van der Waals surface area contributed by atoms with Gasteiger partial charge in [0, 0.05) is 32.4 Å². The van der Waals surface area contributed by atoms with Crippen LogP contribution in [0.2, 0.25) is 0 Å². The van der Waals surface area contributed by atoms with Crippen molar-refractivity contribution in [3.8, 4) is 0 Å². The van der Waals surface area contributed by atoms with Crippen molar-refractivity contribution in [3.05, 3.63) is 71.8 Å². The predicted octanol–water partition coefficient (Wildman–Crippen LogP) is 8.42. The summed E-state index contributed by atoms with van der Waals surface area (Å²) in [5.74, 6) is -4.34. The third-order valence-electron chi connectivity index (χ3n) is 13.9. The largest absolute Gasteiger partial charge is 0.457 e. The maximum atomic E-state index is 15.3. The molecule has 2 saturated heterocycles. The van der Waals surface area contributed by atoms with E-state index in [1.807, 2.05) is 6.92 Å². The highest BCUT2D eigenvalue weighted by Gasteiger charge is 2.56. The SMILES string of the molecule is CCC1O[C@H](O[C@@H]2C(OC(C)=O)C(O[C@H]3OC(CNC(=O)OC(C)(C)C)CCC3NC(=O)OC(C)(C)C)[C@@H](NC(=O)OC(C)(C)C)C[C@H]2NC(=O)[C@H](CCNC(=O)OC(C)(C)C)OC(=O)c2ccccc2)C(OC(=O)c2ccccc2)[C@@H](NC(=O)OC(C)(C)C)[C@H]1C. The van der Waals surface area contributed by atoms with Crippen molar-refractivity contribution in [3.63, 3.8) is 0 Å². The molecule has 0 radical (unpaired) electrons. The number of amides is 6. The summed E-state index contributed by atoms with van der Waals surface area (Å²) in [5.41, 5.74) is -4.63. The second-order valence-corrected chi connectivity index (χ2v) is 27.9. The molecule has 6 N–H and O–H groups in total. The fourth-order valence-corrected chi connectivity index (χ4v) is 10.3. The number of esters is 3. The zero-order valence-electron chi connectivity index (χ0n) is 56.4. The van der Waals surface area contributed by atoms with E-state index in [0.29, 0.717) is 6.42 Å². The van der Waals surface area contributed by atoms with Gasteiger partial charge in [-0.15, -0.1) is 0 Å². The van der Waals surface area contributed by atoms with Crippen LogP contribution in [0.3, 0.4) is 0 Å². The zero-order chi connectivity index (χ0) is 68.7. The van der Waals surface area contributed by atoms with E-state index in [2.05, 4.69) is 31.9 Å². The first kappa shape index (κ1) is 75.2. The molecule has 2 heterocycles. The first-order valence-electron chi connectivity index (χ1n) is 31.2. The lowest BCUT2D eigenvalue weighted by Crippen LogP contribution is -2.70. The molecular formula is C65H98N6O21. The van der Waals surface area contributed by atoms with Crippen LogP contribution in [0.15, 0.2) is 60.7 Å². The predicted molar refractivity (Wildman–Crippen MR) is 332 cm³/mol. The molecule has 2 aromatic rings. The number of carbonyl (C=O) groups is 9. The molecule has 27 nitrogen and oxygen atoms in total. The highest BCUT2D eigenvalue weighted by Crippen LogP contribution is 2.38. The molecule has 6 unspecified atom stereocenters. The van der Waals surface area contributed by atoms with Gasteiger partial charge in [0.05, 0.1) is 47.5 Å². The number of rotatable bonds is 20. The Morgan fingerprint density at radius 1 is 0.511 bits per heavy atom. The van der Waals surface area contributed by atoms with Gasteiger partial charge in [-0.05, 0) is 154 Å². The third-order valence-corrected chi connectivity index (χ3v) is 13.9. The number of hydrogen-bond donors (Lipinski definition) is 6. The Kier molecular flexibility index (Phi) is 26.5. The van der Waals surface area contributed by atoms with Gasteiger partial charge in [0.25, 0.3) is 5.91 Å². The van der Waals surface area contributed by atoms with Crippen molar-refractivity contribution in [1.82, 2.24) is 31.9 Å². The van der Waals surface area contributed by atoms with Gasteiger partial charge in [0.1, 0.15) is 40.2 Å². The van der Waals surface area contributed by atoms with E-state index in [-0.39, 0.29) is 43.5 Å². The average Bonchev–Trinajstić information content (AvgIpc) is 0.769. The minimum absolute atomic E-state index is 0.0767. The topological polar surface area (TPSA) is 337 Å². The molecule has 5 rings (SSSR count). The Morgan fingerprint density at radius 2 is 0.967 bits per heavy atom. The summed E-state index contributed by atoms with van der Waals surface area (Å²) in [6, 6.07) is 10.7. The molecule has 3 aliphatic rings. The molecule has 3 fully saturated rings. The van der Waals surface area contributed by atoms with E-state index in [1.165, 1.54) is 24.3 Å². The molecule has 1 saturated carbocycles. The van der Waals surface area contributed by atoms with Crippen LogP contribution in [0.1, 0.15) is 177 Å². The Morgan fingerprint density at radius 3 is 1.47 bits per heavy atom. The van der Waals surface area contributed by atoms with Crippen molar-refractivity contribution in [2.45, 2.75) is 264 Å². The van der Waals surface area contributed by atoms with E-state index >= 15 is 4.79 Å². The summed E-state index contributed by atoms with van der Waals surface area (Å²) in [6.45, 7) is 29.3.